The standard InChI is InChI=1S/C19H28O2S/c1-18-7-5-12(20)9-11(18)3-4-13-14(18)6-8-19(2)16(21)10-15(22)17(13)19/h9,13-17,21-22H,3-8,10H2,1-2H3/t13-,14+,15?,16+,17-,18+,19-/m1/s1. The van der Waals surface area contributed by atoms with Crippen LogP contribution < -0.4 is 0 Å². The van der Waals surface area contributed by atoms with Crippen molar-refractivity contribution in [3.05, 3.63) is 11.6 Å². The summed E-state index contributed by atoms with van der Waals surface area (Å²) in [5.74, 6) is 2.22. The summed E-state index contributed by atoms with van der Waals surface area (Å²) < 4.78 is 0. The molecule has 0 aromatic heterocycles. The Hall–Kier alpha value is -0.280. The van der Waals surface area contributed by atoms with Gasteiger partial charge >= 0.3 is 0 Å². The average molecular weight is 320 g/mol. The summed E-state index contributed by atoms with van der Waals surface area (Å²) in [4.78, 5) is 11.8. The lowest BCUT2D eigenvalue weighted by Crippen LogP contribution is -2.52. The van der Waals surface area contributed by atoms with Crippen molar-refractivity contribution >= 4 is 18.4 Å². The lowest BCUT2D eigenvalue weighted by Gasteiger charge is -2.58. The van der Waals surface area contributed by atoms with Crippen LogP contribution in [0.15, 0.2) is 11.6 Å². The molecule has 3 heteroatoms. The molecule has 0 saturated heterocycles. The van der Waals surface area contributed by atoms with Crippen molar-refractivity contribution in [2.45, 2.75) is 70.1 Å². The first-order valence-electron chi connectivity index (χ1n) is 8.96. The van der Waals surface area contributed by atoms with E-state index in [1.807, 2.05) is 6.08 Å². The van der Waals surface area contributed by atoms with Crippen LogP contribution in [0.2, 0.25) is 0 Å². The number of hydrogen-bond acceptors (Lipinski definition) is 3. The Morgan fingerprint density at radius 2 is 2.00 bits per heavy atom. The predicted octanol–water partition coefficient (Wildman–Crippen LogP) is 3.79. The number of thiol groups is 1. The number of carbonyl (C=O) groups is 1. The summed E-state index contributed by atoms with van der Waals surface area (Å²) in [6.45, 7) is 4.70. The lowest BCUT2D eigenvalue weighted by molar-refractivity contribution is -0.117. The van der Waals surface area contributed by atoms with Crippen molar-refractivity contribution in [1.29, 1.82) is 0 Å². The minimum Gasteiger partial charge on any atom is -0.393 e. The number of fused-ring (bicyclic) bond motifs is 5. The van der Waals surface area contributed by atoms with E-state index >= 15 is 0 Å². The molecule has 0 aliphatic heterocycles. The van der Waals surface area contributed by atoms with E-state index in [2.05, 4.69) is 13.8 Å². The number of rotatable bonds is 0. The third-order valence-electron chi connectivity index (χ3n) is 7.90. The number of carbonyl (C=O) groups excluding carboxylic acids is 1. The van der Waals surface area contributed by atoms with Crippen molar-refractivity contribution in [3.8, 4) is 0 Å². The first-order valence-corrected chi connectivity index (χ1v) is 9.48. The van der Waals surface area contributed by atoms with Gasteiger partial charge in [-0.3, -0.25) is 4.79 Å². The van der Waals surface area contributed by atoms with Gasteiger partial charge in [-0.25, -0.2) is 0 Å². The van der Waals surface area contributed by atoms with E-state index in [1.54, 1.807) is 0 Å². The summed E-state index contributed by atoms with van der Waals surface area (Å²) >= 11 is 4.88. The smallest absolute Gasteiger partial charge is 0.155 e. The largest absolute Gasteiger partial charge is 0.393 e. The molecule has 122 valence electrons. The Kier molecular flexibility index (Phi) is 3.37. The minimum atomic E-state index is -0.182. The van der Waals surface area contributed by atoms with E-state index in [0.717, 1.165) is 32.1 Å². The van der Waals surface area contributed by atoms with E-state index in [9.17, 15) is 9.90 Å². The molecular formula is C19H28O2S. The van der Waals surface area contributed by atoms with Crippen LogP contribution in [0.4, 0.5) is 0 Å². The molecular weight excluding hydrogens is 292 g/mol. The second-order valence-corrected chi connectivity index (χ2v) is 9.41. The first-order chi connectivity index (χ1) is 10.4. The van der Waals surface area contributed by atoms with Crippen LogP contribution in [0.5, 0.6) is 0 Å². The van der Waals surface area contributed by atoms with Crippen LogP contribution in [0.25, 0.3) is 0 Å². The fraction of sp³-hybridized carbons (Fsp3) is 0.842. The highest BCUT2D eigenvalue weighted by Gasteiger charge is 2.61. The monoisotopic (exact) mass is 320 g/mol. The summed E-state index contributed by atoms with van der Waals surface area (Å²) in [5.41, 5.74) is 1.71. The van der Waals surface area contributed by atoms with Crippen LogP contribution in [0, 0.1) is 28.6 Å². The SMILES string of the molecule is C[C@]12CC[C@H]3[C@@H](CCC4=CC(=O)CC[C@@]43C)[C@@H]1C(S)C[C@@H]2O. The molecule has 0 aromatic rings. The summed E-state index contributed by atoms with van der Waals surface area (Å²) in [6, 6.07) is 0. The average Bonchev–Trinajstić information content (AvgIpc) is 2.70. The number of hydrogen-bond donors (Lipinski definition) is 2. The highest BCUT2D eigenvalue weighted by atomic mass is 32.1. The number of aliphatic hydroxyl groups excluding tert-OH is 1. The molecule has 4 aliphatic rings. The van der Waals surface area contributed by atoms with Gasteiger partial charge in [0.05, 0.1) is 6.10 Å². The molecule has 3 fully saturated rings. The molecule has 4 aliphatic carbocycles. The van der Waals surface area contributed by atoms with Gasteiger partial charge in [0.25, 0.3) is 0 Å². The van der Waals surface area contributed by atoms with Crippen molar-refractivity contribution < 1.29 is 9.90 Å². The molecule has 0 bridgehead atoms. The maximum atomic E-state index is 11.8. The van der Waals surface area contributed by atoms with Gasteiger partial charge in [0, 0.05) is 11.7 Å². The Morgan fingerprint density at radius 3 is 2.77 bits per heavy atom. The lowest BCUT2D eigenvalue weighted by atomic mass is 9.47. The molecule has 7 atom stereocenters. The Labute approximate surface area is 139 Å². The maximum Gasteiger partial charge on any atom is 0.155 e. The summed E-state index contributed by atoms with van der Waals surface area (Å²) in [7, 11) is 0. The van der Waals surface area contributed by atoms with E-state index in [-0.39, 0.29) is 16.9 Å². The van der Waals surface area contributed by atoms with Crippen LogP contribution in [-0.2, 0) is 4.79 Å². The van der Waals surface area contributed by atoms with Crippen LogP contribution in [0.1, 0.15) is 58.8 Å². The van der Waals surface area contributed by atoms with E-state index in [1.165, 1.54) is 18.4 Å². The summed E-state index contributed by atoms with van der Waals surface area (Å²) in [6.07, 6.45) is 8.97. The third-order valence-corrected chi connectivity index (χ3v) is 8.43. The fourth-order valence-corrected chi connectivity index (χ4v) is 7.36. The first kappa shape index (κ1) is 15.3. The zero-order chi connectivity index (χ0) is 15.7. The maximum absolute atomic E-state index is 11.8. The Balaban J connectivity index is 1.71. The van der Waals surface area contributed by atoms with E-state index in [4.69, 9.17) is 12.6 Å². The van der Waals surface area contributed by atoms with E-state index in [0.29, 0.717) is 28.8 Å². The molecule has 0 heterocycles. The molecule has 0 spiro atoms. The van der Waals surface area contributed by atoms with Crippen molar-refractivity contribution in [3.63, 3.8) is 0 Å². The molecule has 22 heavy (non-hydrogen) atoms. The van der Waals surface area contributed by atoms with Gasteiger partial charge in [-0.15, -0.1) is 0 Å². The van der Waals surface area contributed by atoms with Gasteiger partial charge < -0.3 is 5.11 Å². The third kappa shape index (κ3) is 1.87. The molecule has 0 aromatic carbocycles. The predicted molar refractivity (Wildman–Crippen MR) is 90.9 cm³/mol. The number of ketones is 1. The van der Waals surface area contributed by atoms with Crippen LogP contribution in [0.3, 0.4) is 0 Å². The number of allylic oxidation sites excluding steroid dienone is 1. The van der Waals surface area contributed by atoms with Crippen LogP contribution in [-0.4, -0.2) is 22.2 Å². The molecule has 0 amide bonds. The van der Waals surface area contributed by atoms with Crippen molar-refractivity contribution in [2.24, 2.45) is 28.6 Å². The summed E-state index contributed by atoms with van der Waals surface area (Å²) in [5, 5.41) is 10.9. The second-order valence-electron chi connectivity index (χ2n) is 8.75. The van der Waals surface area contributed by atoms with Crippen molar-refractivity contribution in [2.75, 3.05) is 0 Å². The highest BCUT2D eigenvalue weighted by molar-refractivity contribution is 7.81. The van der Waals surface area contributed by atoms with Gasteiger partial charge in [0.1, 0.15) is 0 Å². The Bertz CT molecular complexity index is 542. The quantitative estimate of drug-likeness (QED) is 0.666. The molecule has 2 nitrogen and oxygen atoms in total. The van der Waals surface area contributed by atoms with Gasteiger partial charge in [-0.2, -0.15) is 12.6 Å². The van der Waals surface area contributed by atoms with Gasteiger partial charge in [-0.05, 0) is 73.2 Å². The highest BCUT2D eigenvalue weighted by Crippen LogP contribution is 2.65. The molecule has 1 unspecified atom stereocenters. The molecule has 4 rings (SSSR count). The molecule has 3 saturated carbocycles. The zero-order valence-corrected chi connectivity index (χ0v) is 14.6. The van der Waals surface area contributed by atoms with Gasteiger partial charge in [0.2, 0.25) is 0 Å². The zero-order valence-electron chi connectivity index (χ0n) is 13.7. The number of aliphatic hydroxyl groups is 1. The van der Waals surface area contributed by atoms with Gasteiger partial charge in [-0.1, -0.05) is 19.4 Å². The van der Waals surface area contributed by atoms with Crippen molar-refractivity contribution in [1.82, 2.24) is 0 Å². The second kappa shape index (κ2) is 4.86. The minimum absolute atomic E-state index is 0.0651. The molecule has 0 radical (unpaired) electrons. The Morgan fingerprint density at radius 1 is 1.23 bits per heavy atom. The fourth-order valence-electron chi connectivity index (χ4n) is 6.59. The topological polar surface area (TPSA) is 37.3 Å². The van der Waals surface area contributed by atoms with Gasteiger partial charge in [0.15, 0.2) is 5.78 Å². The van der Waals surface area contributed by atoms with Crippen LogP contribution >= 0.6 is 12.6 Å². The van der Waals surface area contributed by atoms with E-state index < -0.39 is 0 Å². The normalized spacial score (nSPS) is 54.3. The molecule has 1 N–H and O–H groups in total.